The molecule has 0 unspecified atom stereocenters. The monoisotopic (exact) mass is 508 g/mol. The number of likely N-dealkylation sites (tertiary alicyclic amines) is 1. The fourth-order valence-corrected chi connectivity index (χ4v) is 5.24. The van der Waals surface area contributed by atoms with Crippen LogP contribution in [0.2, 0.25) is 0 Å². The van der Waals surface area contributed by atoms with Gasteiger partial charge >= 0.3 is 6.01 Å². The number of aliphatic hydroxyl groups is 1. The number of nitriles is 1. The van der Waals surface area contributed by atoms with Gasteiger partial charge in [0.15, 0.2) is 11.3 Å². The third-order valence-electron chi connectivity index (χ3n) is 7.13. The first-order chi connectivity index (χ1) is 18.6. The molecule has 1 aliphatic rings. The molecule has 5 heterocycles. The van der Waals surface area contributed by atoms with E-state index in [-0.39, 0.29) is 6.61 Å². The summed E-state index contributed by atoms with van der Waals surface area (Å²) in [6.45, 7) is 3.28. The van der Waals surface area contributed by atoms with E-state index in [0.717, 1.165) is 53.7 Å². The smallest absolute Gasteiger partial charge is 0.302 e. The molecule has 4 aromatic heterocycles. The maximum absolute atomic E-state index is 9.34. The second-order valence-electron chi connectivity index (χ2n) is 9.68. The van der Waals surface area contributed by atoms with Crippen LogP contribution < -0.4 is 4.74 Å². The molecule has 0 radical (unpaired) electrons. The number of fused-ring (bicyclic) bond motifs is 2. The number of aryl methyl sites for hydroxylation is 1. The number of benzene rings is 1. The van der Waals surface area contributed by atoms with Gasteiger partial charge in [0.2, 0.25) is 0 Å². The number of nitrogens with zero attached hydrogens (tertiary/aromatic N) is 8. The number of piperidine rings is 1. The first-order valence-electron chi connectivity index (χ1n) is 12.8. The number of aliphatic hydroxyl groups excluding tert-OH is 1. The van der Waals surface area contributed by atoms with Crippen LogP contribution in [-0.4, -0.2) is 72.0 Å². The van der Waals surface area contributed by atoms with Crippen LogP contribution in [0.15, 0.2) is 55.1 Å². The zero-order chi connectivity index (χ0) is 26.1. The summed E-state index contributed by atoms with van der Waals surface area (Å²) < 4.78 is 9.98. The van der Waals surface area contributed by atoms with Gasteiger partial charge in [-0.25, -0.2) is 9.97 Å². The molecular weight excluding hydrogens is 480 g/mol. The lowest BCUT2D eigenvalue weighted by Gasteiger charge is -2.32. The van der Waals surface area contributed by atoms with Crippen molar-refractivity contribution in [3.8, 4) is 34.5 Å². The van der Waals surface area contributed by atoms with E-state index < -0.39 is 0 Å². The fraction of sp³-hybridized carbons (Fsp3) is 0.321. The molecule has 1 atom stereocenters. The zero-order valence-corrected chi connectivity index (χ0v) is 21.2. The summed E-state index contributed by atoms with van der Waals surface area (Å²) in [5.74, 6) is 0.353. The SMILES string of the molecule is Cn1ncc2cc(-c3c(-c4ccc(C#N)cc4)nc(OC[C@@H]4CCCN(CCO)C4)n4ccnc34)cnc21. The molecule has 10 nitrogen and oxygen atoms in total. The largest absolute Gasteiger partial charge is 0.464 e. The van der Waals surface area contributed by atoms with E-state index >= 15 is 0 Å². The number of ether oxygens (including phenoxy) is 1. The van der Waals surface area contributed by atoms with Crippen molar-refractivity contribution in [2.24, 2.45) is 13.0 Å². The Morgan fingerprint density at radius 2 is 2.00 bits per heavy atom. The normalized spacial score (nSPS) is 16.2. The third-order valence-corrected chi connectivity index (χ3v) is 7.13. The molecule has 0 aliphatic carbocycles. The molecule has 1 aliphatic heterocycles. The average Bonchev–Trinajstić information content (AvgIpc) is 3.59. The van der Waals surface area contributed by atoms with Gasteiger partial charge in [0.25, 0.3) is 0 Å². The number of aromatic nitrogens is 6. The molecule has 5 aromatic rings. The molecule has 38 heavy (non-hydrogen) atoms. The van der Waals surface area contributed by atoms with Gasteiger partial charge in [-0.1, -0.05) is 12.1 Å². The molecular formula is C28H28N8O2. The van der Waals surface area contributed by atoms with Crippen molar-refractivity contribution < 1.29 is 9.84 Å². The van der Waals surface area contributed by atoms with Gasteiger partial charge in [0.1, 0.15) is 0 Å². The summed E-state index contributed by atoms with van der Waals surface area (Å²) in [5, 5.41) is 23.9. The van der Waals surface area contributed by atoms with Crippen molar-refractivity contribution in [3.63, 3.8) is 0 Å². The molecule has 0 spiro atoms. The Morgan fingerprint density at radius 3 is 2.82 bits per heavy atom. The van der Waals surface area contributed by atoms with Crippen molar-refractivity contribution in [2.75, 3.05) is 32.8 Å². The predicted octanol–water partition coefficient (Wildman–Crippen LogP) is 3.30. The highest BCUT2D eigenvalue weighted by atomic mass is 16.5. The minimum atomic E-state index is 0.167. The predicted molar refractivity (Wildman–Crippen MR) is 142 cm³/mol. The van der Waals surface area contributed by atoms with Crippen LogP contribution in [0.25, 0.3) is 39.1 Å². The van der Waals surface area contributed by atoms with Gasteiger partial charge in [-0.2, -0.15) is 15.3 Å². The Bertz CT molecular complexity index is 1630. The van der Waals surface area contributed by atoms with Crippen molar-refractivity contribution >= 4 is 16.7 Å². The van der Waals surface area contributed by atoms with Gasteiger partial charge in [0, 0.05) is 61.2 Å². The Morgan fingerprint density at radius 1 is 1.13 bits per heavy atom. The lowest BCUT2D eigenvalue weighted by Crippen LogP contribution is -2.39. The highest BCUT2D eigenvalue weighted by Gasteiger charge is 2.23. The van der Waals surface area contributed by atoms with E-state index in [1.165, 1.54) is 0 Å². The summed E-state index contributed by atoms with van der Waals surface area (Å²) >= 11 is 0. The van der Waals surface area contributed by atoms with Crippen LogP contribution in [0.1, 0.15) is 18.4 Å². The molecule has 1 aromatic carbocycles. The Kier molecular flexibility index (Phi) is 6.45. The van der Waals surface area contributed by atoms with Crippen LogP contribution in [0.5, 0.6) is 6.01 Å². The van der Waals surface area contributed by atoms with E-state index in [1.807, 2.05) is 42.0 Å². The molecule has 10 heteroatoms. The molecule has 1 saturated heterocycles. The number of hydrogen-bond acceptors (Lipinski definition) is 8. The number of β-amino-alcohol motifs (C(OH)–C–C–N with tert-alkyl or cyclic N) is 1. The number of rotatable bonds is 7. The molecule has 0 bridgehead atoms. The van der Waals surface area contributed by atoms with Crippen LogP contribution in [0.3, 0.4) is 0 Å². The topological polar surface area (TPSA) is 117 Å². The molecule has 0 saturated carbocycles. The second kappa shape index (κ2) is 10.2. The standard InChI is InChI=1S/C28H28N8O2/c1-34-26-23(16-32-34)13-22(15-31-26)24-25(21-6-4-19(14-29)5-7-21)33-28(36-10-8-30-27(24)36)38-18-20-3-2-9-35(17-20)11-12-37/h4-8,10,13,15-16,20,37H,2-3,9,11-12,17-18H2,1H3/t20-/m1/s1. The first-order valence-corrected chi connectivity index (χ1v) is 12.8. The molecule has 192 valence electrons. The maximum Gasteiger partial charge on any atom is 0.302 e. The van der Waals surface area contributed by atoms with Gasteiger partial charge in [-0.15, -0.1) is 0 Å². The highest BCUT2D eigenvalue weighted by molar-refractivity contribution is 5.93. The Labute approximate surface area is 219 Å². The van der Waals surface area contributed by atoms with E-state index in [0.29, 0.717) is 42.0 Å². The lowest BCUT2D eigenvalue weighted by atomic mass is 9.99. The average molecular weight is 509 g/mol. The molecule has 0 amide bonds. The highest BCUT2D eigenvalue weighted by Crippen LogP contribution is 2.37. The molecule has 1 N–H and O–H groups in total. The lowest BCUT2D eigenvalue weighted by molar-refractivity contribution is 0.107. The van der Waals surface area contributed by atoms with Gasteiger partial charge < -0.3 is 14.7 Å². The summed E-state index contributed by atoms with van der Waals surface area (Å²) in [6.07, 6.45) is 9.38. The summed E-state index contributed by atoms with van der Waals surface area (Å²) in [5.41, 5.74) is 5.35. The van der Waals surface area contributed by atoms with Crippen LogP contribution in [0.4, 0.5) is 0 Å². The van der Waals surface area contributed by atoms with Crippen molar-refractivity contribution in [3.05, 3.63) is 60.7 Å². The summed E-state index contributed by atoms with van der Waals surface area (Å²) in [7, 11) is 1.87. The molecule has 6 rings (SSSR count). The number of pyridine rings is 1. The minimum Gasteiger partial charge on any atom is -0.464 e. The summed E-state index contributed by atoms with van der Waals surface area (Å²) in [4.78, 5) is 16.6. The number of hydrogen-bond donors (Lipinski definition) is 1. The third kappa shape index (κ3) is 4.47. The minimum absolute atomic E-state index is 0.167. The van der Waals surface area contributed by atoms with Gasteiger partial charge in [-0.05, 0) is 37.6 Å². The zero-order valence-electron chi connectivity index (χ0n) is 21.2. The van der Waals surface area contributed by atoms with Gasteiger partial charge in [0.05, 0.1) is 42.3 Å². The first kappa shape index (κ1) is 24.0. The summed E-state index contributed by atoms with van der Waals surface area (Å²) in [6, 6.07) is 12.1. The Balaban J connectivity index is 1.44. The van der Waals surface area contributed by atoms with Crippen LogP contribution >= 0.6 is 0 Å². The van der Waals surface area contributed by atoms with Crippen molar-refractivity contribution in [1.29, 1.82) is 5.26 Å². The quantitative estimate of drug-likeness (QED) is 0.356. The van der Waals surface area contributed by atoms with Crippen molar-refractivity contribution in [1.82, 2.24) is 34.0 Å². The van der Waals surface area contributed by atoms with Crippen molar-refractivity contribution in [2.45, 2.75) is 12.8 Å². The van der Waals surface area contributed by atoms with E-state index in [9.17, 15) is 10.4 Å². The molecule has 1 fully saturated rings. The van der Waals surface area contributed by atoms with Crippen LogP contribution in [-0.2, 0) is 7.05 Å². The van der Waals surface area contributed by atoms with E-state index in [4.69, 9.17) is 14.7 Å². The van der Waals surface area contributed by atoms with E-state index in [1.54, 1.807) is 29.2 Å². The number of imidazole rings is 1. The second-order valence-corrected chi connectivity index (χ2v) is 9.68. The van der Waals surface area contributed by atoms with Crippen LogP contribution in [0, 0.1) is 17.2 Å². The Hall–Kier alpha value is -4.33. The maximum atomic E-state index is 9.34. The fourth-order valence-electron chi connectivity index (χ4n) is 5.24. The van der Waals surface area contributed by atoms with E-state index in [2.05, 4.69) is 21.1 Å². The van der Waals surface area contributed by atoms with Gasteiger partial charge in [-0.3, -0.25) is 9.08 Å².